The molecule has 1 fully saturated rings. The molecule has 1 amide bonds. The lowest BCUT2D eigenvalue weighted by Crippen LogP contribution is -2.42. The van der Waals surface area contributed by atoms with Crippen LogP contribution in [0.25, 0.3) is 0 Å². The van der Waals surface area contributed by atoms with Gasteiger partial charge in [-0.2, -0.15) is 0 Å². The number of allylic oxidation sites excluding steroid dienone is 1. The van der Waals surface area contributed by atoms with Gasteiger partial charge in [0.15, 0.2) is 5.17 Å². The van der Waals surface area contributed by atoms with Gasteiger partial charge in [0.1, 0.15) is 18.1 Å². The average Bonchev–Trinajstić information content (AvgIpc) is 3.34. The Hall–Kier alpha value is -3.06. The first-order valence-corrected chi connectivity index (χ1v) is 13.7. The minimum Gasteiger partial charge on any atom is -0.497 e. The van der Waals surface area contributed by atoms with Gasteiger partial charge in [-0.3, -0.25) is 9.69 Å². The number of carbonyl (C=O) groups is 2. The van der Waals surface area contributed by atoms with Crippen LogP contribution in [-0.4, -0.2) is 101 Å². The van der Waals surface area contributed by atoms with Crippen molar-refractivity contribution in [3.63, 3.8) is 0 Å². The van der Waals surface area contributed by atoms with Crippen molar-refractivity contribution in [1.82, 2.24) is 15.1 Å². The first-order valence-electron chi connectivity index (χ1n) is 12.9. The van der Waals surface area contributed by atoms with Crippen molar-refractivity contribution >= 4 is 28.8 Å². The molecule has 39 heavy (non-hydrogen) atoms. The number of hydrogen-bond acceptors (Lipinski definition) is 11. The van der Waals surface area contributed by atoms with Crippen LogP contribution in [0.15, 0.2) is 45.6 Å². The first-order chi connectivity index (χ1) is 19.0. The third kappa shape index (κ3) is 6.93. The van der Waals surface area contributed by atoms with Crippen LogP contribution in [0.5, 0.6) is 11.5 Å². The van der Waals surface area contributed by atoms with Gasteiger partial charge in [0.05, 0.1) is 57.8 Å². The van der Waals surface area contributed by atoms with E-state index < -0.39 is 12.0 Å². The summed E-state index contributed by atoms with van der Waals surface area (Å²) in [6, 6.07) is 4.80. The number of thioether (sulfide) groups is 1. The second kappa shape index (κ2) is 13.8. The van der Waals surface area contributed by atoms with E-state index in [1.54, 1.807) is 40.4 Å². The van der Waals surface area contributed by atoms with Crippen LogP contribution in [0, 0.1) is 0 Å². The zero-order chi connectivity index (χ0) is 27.8. The molecule has 1 aromatic carbocycles. The zero-order valence-corrected chi connectivity index (χ0v) is 23.7. The minimum absolute atomic E-state index is 0.105. The molecule has 0 saturated carbocycles. The maximum absolute atomic E-state index is 13.4. The van der Waals surface area contributed by atoms with Crippen LogP contribution in [0.2, 0.25) is 0 Å². The molecule has 3 aliphatic rings. The van der Waals surface area contributed by atoms with Crippen LogP contribution in [-0.2, 0) is 23.8 Å². The molecule has 0 aliphatic carbocycles. The molecule has 212 valence electrons. The number of esters is 1. The molecule has 0 bridgehead atoms. The Morgan fingerprint density at radius 1 is 1.15 bits per heavy atom. The number of morpholine rings is 1. The number of methoxy groups -OCH3 is 3. The second-order valence-electron chi connectivity index (χ2n) is 9.11. The number of nitrogens with zero attached hydrogens (tertiary/aromatic N) is 3. The smallest absolute Gasteiger partial charge is 0.338 e. The third-order valence-corrected chi connectivity index (χ3v) is 7.56. The molecule has 0 aromatic heterocycles. The van der Waals surface area contributed by atoms with E-state index in [0.717, 1.165) is 25.3 Å². The Balaban J connectivity index is 1.59. The molecule has 0 radical (unpaired) electrons. The van der Waals surface area contributed by atoms with Crippen molar-refractivity contribution in [3.8, 4) is 11.5 Å². The summed E-state index contributed by atoms with van der Waals surface area (Å²) in [5.41, 5.74) is 2.33. The van der Waals surface area contributed by atoms with Crippen molar-refractivity contribution < 1.29 is 33.3 Å². The molecule has 3 heterocycles. The number of nitrogens with one attached hydrogen (secondary N) is 1. The summed E-state index contributed by atoms with van der Waals surface area (Å²) in [6.45, 7) is 6.64. The minimum atomic E-state index is -0.639. The van der Waals surface area contributed by atoms with Crippen molar-refractivity contribution in [2.24, 2.45) is 4.99 Å². The number of rotatable bonds is 12. The average molecular weight is 561 g/mol. The predicted molar refractivity (Wildman–Crippen MR) is 148 cm³/mol. The number of carbonyl (C=O) groups excluding carboxylic acids is 2. The van der Waals surface area contributed by atoms with Crippen molar-refractivity contribution in [2.45, 2.75) is 19.4 Å². The Morgan fingerprint density at radius 3 is 2.67 bits per heavy atom. The summed E-state index contributed by atoms with van der Waals surface area (Å²) in [4.78, 5) is 35.3. The topological polar surface area (TPSA) is 111 Å². The van der Waals surface area contributed by atoms with E-state index in [0.29, 0.717) is 53.3 Å². The summed E-state index contributed by atoms with van der Waals surface area (Å²) in [5, 5.41) is 5.61. The van der Waals surface area contributed by atoms with E-state index in [4.69, 9.17) is 28.7 Å². The van der Waals surface area contributed by atoms with Gasteiger partial charge >= 0.3 is 5.97 Å². The summed E-state index contributed by atoms with van der Waals surface area (Å²) in [7, 11) is 4.70. The molecular formula is C27H36N4O7S. The lowest BCUT2D eigenvalue weighted by atomic mass is 9.92. The Labute approximate surface area is 233 Å². The highest BCUT2D eigenvalue weighted by molar-refractivity contribution is 8.16. The number of hydrogen-bond donors (Lipinski definition) is 1. The van der Waals surface area contributed by atoms with Gasteiger partial charge < -0.3 is 33.9 Å². The molecule has 12 heteroatoms. The molecule has 1 unspecified atom stereocenters. The lowest BCUT2D eigenvalue weighted by molar-refractivity contribution is -0.141. The van der Waals surface area contributed by atoms with Crippen molar-refractivity contribution in [1.29, 1.82) is 0 Å². The van der Waals surface area contributed by atoms with Crippen LogP contribution < -0.4 is 14.8 Å². The second-order valence-corrected chi connectivity index (χ2v) is 9.95. The van der Waals surface area contributed by atoms with E-state index in [2.05, 4.69) is 10.2 Å². The molecule has 1 saturated heterocycles. The molecular weight excluding hydrogens is 524 g/mol. The monoisotopic (exact) mass is 560 g/mol. The SMILES string of the molecule is COCCOC(=O)C1=C(C)N=C2SC=C(CC(=O)NCCN3CCOCC3)N2C1c1cc(OC)ccc1OC. The number of aliphatic imine (C=N–C) groups is 1. The highest BCUT2D eigenvalue weighted by atomic mass is 32.2. The Morgan fingerprint density at radius 2 is 1.95 bits per heavy atom. The highest BCUT2D eigenvalue weighted by Crippen LogP contribution is 2.47. The van der Waals surface area contributed by atoms with Gasteiger partial charge in [-0.25, -0.2) is 9.79 Å². The van der Waals surface area contributed by atoms with E-state index in [1.807, 2.05) is 16.4 Å². The molecule has 1 aromatic rings. The lowest BCUT2D eigenvalue weighted by Gasteiger charge is -2.37. The Kier molecular flexibility index (Phi) is 10.3. The molecule has 0 spiro atoms. The standard InChI is InChI=1S/C27H36N4O7S/c1-18-24(26(33)38-14-13-34-2)25(21-16-20(35-3)5-6-22(21)36-4)31-19(17-39-27(31)29-18)15-23(32)28-7-8-30-9-11-37-12-10-30/h5-6,16-17,25H,7-15H2,1-4H3,(H,28,32). The van der Waals surface area contributed by atoms with Gasteiger partial charge in [-0.15, -0.1) is 0 Å². The summed E-state index contributed by atoms with van der Waals surface area (Å²) >= 11 is 1.42. The maximum atomic E-state index is 13.4. The quantitative estimate of drug-likeness (QED) is 0.302. The van der Waals surface area contributed by atoms with Gasteiger partial charge in [0.2, 0.25) is 5.91 Å². The van der Waals surface area contributed by atoms with Crippen molar-refractivity contribution in [2.75, 3.05) is 73.9 Å². The third-order valence-electron chi connectivity index (χ3n) is 6.67. The molecule has 1 N–H and O–H groups in total. The number of benzene rings is 1. The van der Waals surface area contributed by atoms with Gasteiger partial charge in [-0.1, -0.05) is 11.8 Å². The first kappa shape index (κ1) is 28.9. The molecule has 11 nitrogen and oxygen atoms in total. The maximum Gasteiger partial charge on any atom is 0.338 e. The van der Waals surface area contributed by atoms with Crippen LogP contribution in [0.4, 0.5) is 0 Å². The van der Waals surface area contributed by atoms with Gasteiger partial charge in [0, 0.05) is 44.5 Å². The summed E-state index contributed by atoms with van der Waals surface area (Å²) in [6.07, 6.45) is 0.128. The number of amidine groups is 1. The fraction of sp³-hybridized carbons (Fsp3) is 0.519. The van der Waals surface area contributed by atoms with Gasteiger partial charge in [0.25, 0.3) is 0 Å². The summed E-state index contributed by atoms with van der Waals surface area (Å²) in [5.74, 6) is 0.567. The zero-order valence-electron chi connectivity index (χ0n) is 22.9. The number of amides is 1. The predicted octanol–water partition coefficient (Wildman–Crippen LogP) is 2.31. The fourth-order valence-corrected chi connectivity index (χ4v) is 5.64. The number of fused-ring (bicyclic) bond motifs is 1. The van der Waals surface area contributed by atoms with E-state index >= 15 is 0 Å². The van der Waals surface area contributed by atoms with Crippen LogP contribution >= 0.6 is 11.8 Å². The molecule has 3 aliphatic heterocycles. The van der Waals surface area contributed by atoms with Crippen LogP contribution in [0.3, 0.4) is 0 Å². The fourth-order valence-electron chi connectivity index (χ4n) is 4.68. The Bertz CT molecular complexity index is 1150. The van der Waals surface area contributed by atoms with Crippen LogP contribution in [0.1, 0.15) is 24.9 Å². The van der Waals surface area contributed by atoms with Crippen molar-refractivity contribution in [3.05, 3.63) is 46.1 Å². The van der Waals surface area contributed by atoms with E-state index in [9.17, 15) is 9.59 Å². The van der Waals surface area contributed by atoms with E-state index in [-0.39, 0.29) is 25.5 Å². The normalized spacial score (nSPS) is 19.3. The van der Waals surface area contributed by atoms with Gasteiger partial charge in [-0.05, 0) is 30.5 Å². The number of ether oxygens (including phenoxy) is 5. The highest BCUT2D eigenvalue weighted by Gasteiger charge is 2.42. The summed E-state index contributed by atoms with van der Waals surface area (Å²) < 4.78 is 27.2. The molecule has 4 rings (SSSR count). The molecule has 1 atom stereocenters. The van der Waals surface area contributed by atoms with E-state index in [1.165, 1.54) is 11.8 Å². The largest absolute Gasteiger partial charge is 0.497 e.